The van der Waals surface area contributed by atoms with Crippen molar-refractivity contribution in [3.8, 4) is 11.4 Å². The lowest BCUT2D eigenvalue weighted by atomic mass is 10.2. The number of nitrogens with zero attached hydrogens (tertiary/aromatic N) is 5. The number of tetrazole rings is 1. The molecule has 3 aromatic rings. The van der Waals surface area contributed by atoms with E-state index in [-0.39, 0.29) is 11.5 Å². The Bertz CT molecular complexity index is 1130. The molecule has 1 aliphatic rings. The predicted molar refractivity (Wildman–Crippen MR) is 116 cm³/mol. The zero-order chi connectivity index (χ0) is 22.7. The van der Waals surface area contributed by atoms with Crippen molar-refractivity contribution in [2.45, 2.75) is 36.6 Å². The van der Waals surface area contributed by atoms with Gasteiger partial charge in [0.2, 0.25) is 11.1 Å². The van der Waals surface area contributed by atoms with Crippen LogP contribution in [0.25, 0.3) is 5.69 Å². The number of hydrogen-bond acceptors (Lipinski definition) is 7. The van der Waals surface area contributed by atoms with Crippen molar-refractivity contribution in [2.75, 3.05) is 13.7 Å². The van der Waals surface area contributed by atoms with Gasteiger partial charge in [-0.1, -0.05) is 24.2 Å². The summed E-state index contributed by atoms with van der Waals surface area (Å²) in [5.74, 6) is -0.560. The van der Waals surface area contributed by atoms with Crippen molar-refractivity contribution >= 4 is 23.6 Å². The van der Waals surface area contributed by atoms with Gasteiger partial charge in [-0.3, -0.25) is 14.5 Å². The monoisotopic (exact) mass is 455 g/mol. The minimum absolute atomic E-state index is 0.278. The van der Waals surface area contributed by atoms with Gasteiger partial charge in [0.15, 0.2) is 0 Å². The van der Waals surface area contributed by atoms with Crippen molar-refractivity contribution < 1.29 is 18.7 Å². The molecule has 0 spiro atoms. The summed E-state index contributed by atoms with van der Waals surface area (Å²) < 4.78 is 20.2. The van der Waals surface area contributed by atoms with Gasteiger partial charge in [-0.25, -0.2) is 4.39 Å². The van der Waals surface area contributed by atoms with Crippen LogP contribution in [0.2, 0.25) is 0 Å². The first kappa shape index (κ1) is 21.9. The largest absolute Gasteiger partial charge is 0.494 e. The molecule has 1 saturated heterocycles. The number of benzene rings is 2. The molecule has 4 rings (SSSR count). The summed E-state index contributed by atoms with van der Waals surface area (Å²) in [6.07, 6.45) is 2.08. The normalized spacial score (nSPS) is 16.7. The zero-order valence-electron chi connectivity index (χ0n) is 17.7. The van der Waals surface area contributed by atoms with E-state index in [2.05, 4.69) is 15.5 Å². The number of ether oxygens (including phenoxy) is 1. The van der Waals surface area contributed by atoms with Crippen LogP contribution >= 0.6 is 11.8 Å². The molecular weight excluding hydrogens is 433 g/mol. The number of aryl methyl sites for hydroxylation is 1. The molecule has 2 amide bonds. The Labute approximate surface area is 188 Å². The average Bonchev–Trinajstić information content (AvgIpc) is 3.18. The lowest BCUT2D eigenvalue weighted by molar-refractivity contribution is -0.127. The van der Waals surface area contributed by atoms with Crippen LogP contribution in [0, 0.1) is 12.7 Å². The molecule has 32 heavy (non-hydrogen) atoms. The number of aromatic nitrogens is 4. The summed E-state index contributed by atoms with van der Waals surface area (Å²) in [6.45, 7) is 2.27. The van der Waals surface area contributed by atoms with E-state index in [1.807, 2.05) is 25.1 Å². The number of carbonyl (C=O) groups excluding carboxylic acids is 2. The van der Waals surface area contributed by atoms with Crippen LogP contribution in [0.4, 0.5) is 4.39 Å². The SMILES string of the molecule is COc1ccc(C)cc1-n1nnnc1S[C@@H]1CCCCN(C(=O)c2ccc(F)cc2)C1=O. The molecule has 0 aliphatic carbocycles. The van der Waals surface area contributed by atoms with Gasteiger partial charge < -0.3 is 4.74 Å². The molecule has 8 nitrogen and oxygen atoms in total. The number of carbonyl (C=O) groups is 2. The van der Waals surface area contributed by atoms with Gasteiger partial charge in [0.05, 0.1) is 12.4 Å². The Morgan fingerprint density at radius 2 is 1.97 bits per heavy atom. The first-order chi connectivity index (χ1) is 15.5. The van der Waals surface area contributed by atoms with Gasteiger partial charge >= 0.3 is 0 Å². The van der Waals surface area contributed by atoms with Crippen molar-refractivity contribution in [1.29, 1.82) is 0 Å². The highest BCUT2D eigenvalue weighted by atomic mass is 32.2. The van der Waals surface area contributed by atoms with Crippen LogP contribution in [-0.4, -0.2) is 55.8 Å². The third-order valence-electron chi connectivity index (χ3n) is 5.23. The van der Waals surface area contributed by atoms with Crippen LogP contribution < -0.4 is 4.74 Å². The van der Waals surface area contributed by atoms with Gasteiger partial charge in [0.25, 0.3) is 5.91 Å². The molecule has 2 aromatic carbocycles. The first-order valence-electron chi connectivity index (χ1n) is 10.2. The van der Waals surface area contributed by atoms with Crippen molar-refractivity contribution in [3.63, 3.8) is 0 Å². The molecule has 10 heteroatoms. The highest BCUT2D eigenvalue weighted by molar-refractivity contribution is 8.00. The number of hydrogen-bond donors (Lipinski definition) is 0. The molecule has 0 bridgehead atoms. The maximum atomic E-state index is 13.3. The molecule has 1 aromatic heterocycles. The number of rotatable bonds is 5. The van der Waals surface area contributed by atoms with Crippen LogP contribution in [-0.2, 0) is 4.79 Å². The maximum Gasteiger partial charge on any atom is 0.260 e. The molecule has 0 saturated carbocycles. The van der Waals surface area contributed by atoms with E-state index in [1.165, 1.54) is 40.9 Å². The molecule has 0 unspecified atom stereocenters. The number of thioether (sulfide) groups is 1. The lowest BCUT2D eigenvalue weighted by Gasteiger charge is -2.22. The van der Waals surface area contributed by atoms with E-state index >= 15 is 0 Å². The highest BCUT2D eigenvalue weighted by Crippen LogP contribution is 2.32. The zero-order valence-corrected chi connectivity index (χ0v) is 18.5. The second-order valence-electron chi connectivity index (χ2n) is 7.45. The number of likely N-dealkylation sites (tertiary alicyclic amines) is 1. The number of imide groups is 1. The summed E-state index contributed by atoms with van der Waals surface area (Å²) >= 11 is 1.23. The molecule has 1 fully saturated rings. The van der Waals surface area contributed by atoms with Crippen LogP contribution in [0.15, 0.2) is 47.6 Å². The highest BCUT2D eigenvalue weighted by Gasteiger charge is 2.33. The Kier molecular flexibility index (Phi) is 6.50. The first-order valence-corrected chi connectivity index (χ1v) is 11.1. The topological polar surface area (TPSA) is 90.2 Å². The van der Waals surface area contributed by atoms with Gasteiger partial charge in [-0.05, 0) is 72.2 Å². The fourth-order valence-corrected chi connectivity index (χ4v) is 4.65. The minimum atomic E-state index is -0.526. The number of methoxy groups -OCH3 is 1. The second kappa shape index (κ2) is 9.47. The van der Waals surface area contributed by atoms with E-state index in [9.17, 15) is 14.0 Å². The quantitative estimate of drug-likeness (QED) is 0.545. The van der Waals surface area contributed by atoms with Gasteiger partial charge in [0, 0.05) is 12.1 Å². The fraction of sp³-hybridized carbons (Fsp3) is 0.318. The fourth-order valence-electron chi connectivity index (χ4n) is 3.56. The maximum absolute atomic E-state index is 13.3. The van der Waals surface area contributed by atoms with Crippen molar-refractivity contribution in [1.82, 2.24) is 25.1 Å². The lowest BCUT2D eigenvalue weighted by Crippen LogP contribution is -2.41. The van der Waals surface area contributed by atoms with E-state index in [0.29, 0.717) is 36.0 Å². The molecule has 166 valence electrons. The van der Waals surface area contributed by atoms with Crippen LogP contribution in [0.1, 0.15) is 35.2 Å². The van der Waals surface area contributed by atoms with Crippen molar-refractivity contribution in [2.24, 2.45) is 0 Å². The van der Waals surface area contributed by atoms with E-state index in [0.717, 1.165) is 12.0 Å². The van der Waals surface area contributed by atoms with E-state index in [4.69, 9.17) is 4.74 Å². The van der Waals surface area contributed by atoms with Gasteiger partial charge in [-0.15, -0.1) is 5.10 Å². The second-order valence-corrected chi connectivity index (χ2v) is 8.62. The van der Waals surface area contributed by atoms with Crippen molar-refractivity contribution in [3.05, 3.63) is 59.4 Å². The molecule has 1 aliphatic heterocycles. The summed E-state index contributed by atoms with van der Waals surface area (Å²) in [7, 11) is 1.57. The molecule has 0 radical (unpaired) electrons. The number of amides is 2. The smallest absolute Gasteiger partial charge is 0.260 e. The molecule has 0 N–H and O–H groups in total. The Morgan fingerprint density at radius 1 is 1.19 bits per heavy atom. The number of halogens is 1. The minimum Gasteiger partial charge on any atom is -0.494 e. The summed E-state index contributed by atoms with van der Waals surface area (Å²) in [5, 5.41) is 11.9. The Balaban J connectivity index is 1.59. The molecule has 2 heterocycles. The predicted octanol–water partition coefficient (Wildman–Crippen LogP) is 3.43. The van der Waals surface area contributed by atoms with E-state index in [1.54, 1.807) is 11.8 Å². The van der Waals surface area contributed by atoms with Gasteiger partial charge in [0.1, 0.15) is 17.3 Å². The Morgan fingerprint density at radius 3 is 2.72 bits per heavy atom. The summed E-state index contributed by atoms with van der Waals surface area (Å²) in [6, 6.07) is 10.9. The summed E-state index contributed by atoms with van der Waals surface area (Å²) in [4.78, 5) is 27.5. The van der Waals surface area contributed by atoms with Crippen LogP contribution in [0.5, 0.6) is 5.75 Å². The summed E-state index contributed by atoms with van der Waals surface area (Å²) in [5.41, 5.74) is 1.95. The molecule has 1 atom stereocenters. The average molecular weight is 456 g/mol. The van der Waals surface area contributed by atoms with E-state index < -0.39 is 17.0 Å². The standard InChI is InChI=1S/C22H22FN5O3S/c1-14-6-11-18(31-2)17(13-14)28-22(24-25-26-28)32-19-5-3-4-12-27(21(19)30)20(29)15-7-9-16(23)10-8-15/h6-11,13,19H,3-5,12H2,1-2H3/t19-/m1/s1. The third kappa shape index (κ3) is 4.50. The third-order valence-corrected chi connectivity index (χ3v) is 6.41. The van der Waals surface area contributed by atoms with Gasteiger partial charge in [-0.2, -0.15) is 4.68 Å². The Hall–Kier alpha value is -3.27. The van der Waals surface area contributed by atoms with Crippen LogP contribution in [0.3, 0.4) is 0 Å². The molecular formula is C22H22FN5O3S.